The van der Waals surface area contributed by atoms with Gasteiger partial charge in [0.05, 0.1) is 6.61 Å². The Morgan fingerprint density at radius 3 is 2.62 bits per heavy atom. The molecule has 1 nitrogen and oxygen atoms in total. The molecule has 0 radical (unpaired) electrons. The summed E-state index contributed by atoms with van der Waals surface area (Å²) in [5.41, 5.74) is 1.27. The molecule has 0 unspecified atom stereocenters. The van der Waals surface area contributed by atoms with Crippen molar-refractivity contribution in [2.75, 3.05) is 6.61 Å². The Bertz CT molecular complexity index is 199. The molecule has 0 saturated carbocycles. The van der Waals surface area contributed by atoms with Gasteiger partial charge in [-0.2, -0.15) is 0 Å². The average molecular weight is 180 g/mol. The summed E-state index contributed by atoms with van der Waals surface area (Å²) in [5.74, 6) is 1.02. The maximum atomic E-state index is 5.44. The summed E-state index contributed by atoms with van der Waals surface area (Å²) in [6, 6.07) is 0. The van der Waals surface area contributed by atoms with Gasteiger partial charge in [0.1, 0.15) is 5.76 Å². The SMILES string of the molecule is C=C/C=C1/CCCO/C1=C/C.CC. The van der Waals surface area contributed by atoms with E-state index in [9.17, 15) is 0 Å². The van der Waals surface area contributed by atoms with E-state index in [0.717, 1.165) is 25.2 Å². The lowest BCUT2D eigenvalue weighted by Crippen LogP contribution is -2.05. The Hall–Kier alpha value is -0.980. The van der Waals surface area contributed by atoms with Gasteiger partial charge in [-0.15, -0.1) is 0 Å². The summed E-state index contributed by atoms with van der Waals surface area (Å²) >= 11 is 0. The second-order valence-electron chi connectivity index (χ2n) is 2.53. The Morgan fingerprint density at radius 2 is 2.08 bits per heavy atom. The van der Waals surface area contributed by atoms with Crippen LogP contribution in [-0.4, -0.2) is 6.61 Å². The fraction of sp³-hybridized carbons (Fsp3) is 0.500. The zero-order valence-electron chi connectivity index (χ0n) is 8.97. The van der Waals surface area contributed by atoms with Gasteiger partial charge in [0.15, 0.2) is 0 Å². The molecule has 1 heterocycles. The number of ether oxygens (including phenoxy) is 1. The molecule has 74 valence electrons. The van der Waals surface area contributed by atoms with Crippen molar-refractivity contribution in [1.82, 2.24) is 0 Å². The minimum atomic E-state index is 0.855. The molecule has 1 rings (SSSR count). The molecule has 0 amide bonds. The van der Waals surface area contributed by atoms with Gasteiger partial charge in [-0.05, 0) is 31.4 Å². The first-order valence-electron chi connectivity index (χ1n) is 4.99. The largest absolute Gasteiger partial charge is 0.494 e. The van der Waals surface area contributed by atoms with Crippen molar-refractivity contribution in [3.63, 3.8) is 0 Å². The molecule has 0 aromatic carbocycles. The molecule has 13 heavy (non-hydrogen) atoms. The van der Waals surface area contributed by atoms with Gasteiger partial charge >= 0.3 is 0 Å². The lowest BCUT2D eigenvalue weighted by Gasteiger charge is -2.18. The van der Waals surface area contributed by atoms with Gasteiger partial charge in [0.2, 0.25) is 0 Å². The molecule has 1 aliphatic heterocycles. The van der Waals surface area contributed by atoms with Gasteiger partial charge in [-0.25, -0.2) is 0 Å². The van der Waals surface area contributed by atoms with Crippen LogP contribution in [0.1, 0.15) is 33.6 Å². The molecule has 0 bridgehead atoms. The van der Waals surface area contributed by atoms with Gasteiger partial charge in [-0.1, -0.05) is 32.6 Å². The highest BCUT2D eigenvalue weighted by atomic mass is 16.5. The van der Waals surface area contributed by atoms with Crippen molar-refractivity contribution in [2.45, 2.75) is 33.6 Å². The number of rotatable bonds is 1. The zero-order valence-corrected chi connectivity index (χ0v) is 8.97. The normalized spacial score (nSPS) is 21.8. The first kappa shape index (κ1) is 12.0. The smallest absolute Gasteiger partial charge is 0.118 e. The molecule has 1 fully saturated rings. The van der Waals surface area contributed by atoms with Crippen molar-refractivity contribution in [3.05, 3.63) is 36.1 Å². The molecular weight excluding hydrogens is 160 g/mol. The second-order valence-corrected chi connectivity index (χ2v) is 2.53. The summed E-state index contributed by atoms with van der Waals surface area (Å²) in [4.78, 5) is 0. The van der Waals surface area contributed by atoms with Crippen LogP contribution >= 0.6 is 0 Å². The molecule has 1 saturated heterocycles. The molecule has 0 spiro atoms. The second kappa shape index (κ2) is 7.66. The topological polar surface area (TPSA) is 9.23 Å². The predicted octanol–water partition coefficient (Wildman–Crippen LogP) is 3.84. The van der Waals surface area contributed by atoms with Crippen molar-refractivity contribution < 1.29 is 4.74 Å². The Labute approximate surface area is 81.8 Å². The van der Waals surface area contributed by atoms with Crippen molar-refractivity contribution in [1.29, 1.82) is 0 Å². The van der Waals surface area contributed by atoms with Crippen LogP contribution in [0.3, 0.4) is 0 Å². The van der Waals surface area contributed by atoms with Crippen molar-refractivity contribution in [2.24, 2.45) is 0 Å². The quantitative estimate of drug-likeness (QED) is 0.595. The minimum absolute atomic E-state index is 0.855. The third-order valence-corrected chi connectivity index (χ3v) is 1.75. The first-order chi connectivity index (χ1) is 6.38. The van der Waals surface area contributed by atoms with Gasteiger partial charge in [0, 0.05) is 0 Å². The van der Waals surface area contributed by atoms with Crippen LogP contribution in [0, 0.1) is 0 Å². The lowest BCUT2D eigenvalue weighted by atomic mass is 10.1. The summed E-state index contributed by atoms with van der Waals surface area (Å²) in [6.45, 7) is 10.5. The minimum Gasteiger partial charge on any atom is -0.494 e. The highest BCUT2D eigenvalue weighted by Gasteiger charge is 2.09. The maximum Gasteiger partial charge on any atom is 0.118 e. The highest BCUT2D eigenvalue weighted by molar-refractivity contribution is 5.29. The predicted molar refractivity (Wildman–Crippen MR) is 58.6 cm³/mol. The molecule has 0 aliphatic carbocycles. The fourth-order valence-electron chi connectivity index (χ4n) is 1.24. The van der Waals surface area contributed by atoms with E-state index in [0.29, 0.717) is 0 Å². The number of hydrogen-bond donors (Lipinski definition) is 0. The van der Waals surface area contributed by atoms with Crippen molar-refractivity contribution in [3.8, 4) is 0 Å². The summed E-state index contributed by atoms with van der Waals surface area (Å²) < 4.78 is 5.44. The van der Waals surface area contributed by atoms with Crippen LogP contribution in [0.15, 0.2) is 36.1 Å². The number of allylic oxidation sites excluding steroid dienone is 4. The molecule has 0 aromatic rings. The van der Waals surface area contributed by atoms with Crippen LogP contribution in [-0.2, 0) is 4.74 Å². The summed E-state index contributed by atoms with van der Waals surface area (Å²) in [6.07, 6.45) is 8.08. The number of hydrogen-bond acceptors (Lipinski definition) is 1. The summed E-state index contributed by atoms with van der Waals surface area (Å²) in [7, 11) is 0. The lowest BCUT2D eigenvalue weighted by molar-refractivity contribution is 0.193. The molecule has 0 aromatic heterocycles. The van der Waals surface area contributed by atoms with Crippen LogP contribution in [0.5, 0.6) is 0 Å². The Morgan fingerprint density at radius 1 is 1.38 bits per heavy atom. The third-order valence-electron chi connectivity index (χ3n) is 1.75. The van der Waals surface area contributed by atoms with E-state index in [1.165, 1.54) is 5.57 Å². The van der Waals surface area contributed by atoms with E-state index in [1.54, 1.807) is 0 Å². The Kier molecular flexibility index (Phi) is 7.08. The van der Waals surface area contributed by atoms with E-state index in [1.807, 2.05) is 39.0 Å². The van der Waals surface area contributed by atoms with Gasteiger partial charge in [0.25, 0.3) is 0 Å². The van der Waals surface area contributed by atoms with E-state index in [-0.39, 0.29) is 0 Å². The van der Waals surface area contributed by atoms with Gasteiger partial charge in [-0.3, -0.25) is 0 Å². The molecule has 1 aliphatic rings. The fourth-order valence-corrected chi connectivity index (χ4v) is 1.24. The van der Waals surface area contributed by atoms with Gasteiger partial charge < -0.3 is 4.74 Å². The zero-order chi connectivity index (χ0) is 10.1. The van der Waals surface area contributed by atoms with E-state index in [2.05, 4.69) is 6.58 Å². The van der Waals surface area contributed by atoms with Crippen LogP contribution in [0.25, 0.3) is 0 Å². The third kappa shape index (κ3) is 3.97. The van der Waals surface area contributed by atoms with E-state index in [4.69, 9.17) is 4.74 Å². The van der Waals surface area contributed by atoms with E-state index >= 15 is 0 Å². The molecule has 0 N–H and O–H groups in total. The van der Waals surface area contributed by atoms with Crippen molar-refractivity contribution >= 4 is 0 Å². The highest BCUT2D eigenvalue weighted by Crippen LogP contribution is 2.22. The first-order valence-corrected chi connectivity index (χ1v) is 4.99. The standard InChI is InChI=1S/C10H14O.C2H6/c1-3-6-9-7-5-8-11-10(9)4-2;1-2/h3-4,6H,1,5,7-8H2,2H3;1-2H3/b9-6-,10-4+;. The van der Waals surface area contributed by atoms with E-state index < -0.39 is 0 Å². The molecule has 1 heteroatoms. The Balaban J connectivity index is 0.000000671. The van der Waals surface area contributed by atoms with Crippen LogP contribution < -0.4 is 0 Å². The van der Waals surface area contributed by atoms with Crippen LogP contribution in [0.2, 0.25) is 0 Å². The van der Waals surface area contributed by atoms with Crippen LogP contribution in [0.4, 0.5) is 0 Å². The average Bonchev–Trinajstić information content (AvgIpc) is 2.22. The monoisotopic (exact) mass is 180 g/mol. The maximum absolute atomic E-state index is 5.44. The molecular formula is C12H20O. The summed E-state index contributed by atoms with van der Waals surface area (Å²) in [5, 5.41) is 0. The molecule has 0 atom stereocenters.